The molecule has 21 heavy (non-hydrogen) atoms. The van der Waals surface area contributed by atoms with Gasteiger partial charge in [-0.1, -0.05) is 30.4 Å². The minimum absolute atomic E-state index is 0.530. The Morgan fingerprint density at radius 3 is 2.95 bits per heavy atom. The molecule has 0 amide bonds. The molecular formula is C17H19N3O. The van der Waals surface area contributed by atoms with Crippen LogP contribution in [0.25, 0.3) is 6.08 Å². The Bertz CT molecular complexity index is 635. The molecule has 2 aromatic rings. The summed E-state index contributed by atoms with van der Waals surface area (Å²) in [4.78, 5) is 8.71. The van der Waals surface area contributed by atoms with Gasteiger partial charge >= 0.3 is 0 Å². The number of ether oxygens (including phenoxy) is 1. The molecule has 1 aromatic heterocycles. The lowest BCUT2D eigenvalue weighted by atomic mass is 10.2. The number of allylic oxidation sites excluding steroid dienone is 1. The van der Waals surface area contributed by atoms with Crippen molar-refractivity contribution < 1.29 is 4.74 Å². The van der Waals surface area contributed by atoms with Crippen molar-refractivity contribution in [2.75, 3.05) is 0 Å². The Kier molecular flexibility index (Phi) is 4.26. The molecule has 0 unspecified atom stereocenters. The minimum atomic E-state index is 0.530. The molecule has 1 fully saturated rings. The second kappa shape index (κ2) is 6.50. The smallest absolute Gasteiger partial charge is 0.238 e. The molecule has 0 atom stereocenters. The van der Waals surface area contributed by atoms with E-state index in [9.17, 15) is 0 Å². The number of benzene rings is 1. The van der Waals surface area contributed by atoms with Gasteiger partial charge in [0.25, 0.3) is 0 Å². The van der Waals surface area contributed by atoms with E-state index in [0.717, 1.165) is 23.6 Å². The summed E-state index contributed by atoms with van der Waals surface area (Å²) in [6, 6.07) is 8.55. The number of rotatable bonds is 6. The van der Waals surface area contributed by atoms with Crippen LogP contribution < -0.4 is 10.1 Å². The van der Waals surface area contributed by atoms with Gasteiger partial charge in [-0.25, -0.2) is 4.98 Å². The molecule has 1 N–H and O–H groups in total. The largest absolute Gasteiger partial charge is 0.437 e. The lowest BCUT2D eigenvalue weighted by Crippen LogP contribution is -2.16. The average molecular weight is 281 g/mol. The highest BCUT2D eigenvalue weighted by atomic mass is 16.5. The molecule has 0 aliphatic heterocycles. The van der Waals surface area contributed by atoms with Crippen molar-refractivity contribution in [3.63, 3.8) is 0 Å². The van der Waals surface area contributed by atoms with Gasteiger partial charge in [0.1, 0.15) is 5.75 Å². The Hall–Kier alpha value is -2.20. The van der Waals surface area contributed by atoms with Gasteiger partial charge in [-0.3, -0.25) is 4.98 Å². The van der Waals surface area contributed by atoms with E-state index in [1.165, 1.54) is 12.8 Å². The third-order valence-electron chi connectivity index (χ3n) is 3.29. The van der Waals surface area contributed by atoms with Crippen LogP contribution in [-0.4, -0.2) is 16.0 Å². The highest BCUT2D eigenvalue weighted by Crippen LogP contribution is 2.25. The maximum Gasteiger partial charge on any atom is 0.238 e. The summed E-state index contributed by atoms with van der Waals surface area (Å²) >= 11 is 0. The highest BCUT2D eigenvalue weighted by molar-refractivity contribution is 5.57. The molecule has 0 spiro atoms. The molecule has 1 heterocycles. The fourth-order valence-electron chi connectivity index (χ4n) is 2.06. The van der Waals surface area contributed by atoms with Crippen molar-refractivity contribution in [2.24, 2.45) is 0 Å². The third-order valence-corrected chi connectivity index (χ3v) is 3.29. The van der Waals surface area contributed by atoms with Gasteiger partial charge in [0.2, 0.25) is 5.88 Å². The SMILES string of the molecule is CC=Cc1ccccc1Oc1cncc(CNC2CC2)n1. The quantitative estimate of drug-likeness (QED) is 0.879. The zero-order valence-electron chi connectivity index (χ0n) is 12.1. The Labute approximate surface area is 124 Å². The fraction of sp³-hybridized carbons (Fsp3) is 0.294. The molecule has 1 saturated carbocycles. The molecular weight excluding hydrogens is 262 g/mol. The van der Waals surface area contributed by atoms with E-state index in [4.69, 9.17) is 4.74 Å². The minimum Gasteiger partial charge on any atom is -0.437 e. The van der Waals surface area contributed by atoms with Crippen LogP contribution in [0.5, 0.6) is 11.6 Å². The van der Waals surface area contributed by atoms with E-state index in [2.05, 4.69) is 15.3 Å². The Morgan fingerprint density at radius 2 is 2.14 bits per heavy atom. The van der Waals surface area contributed by atoms with Crippen LogP contribution >= 0.6 is 0 Å². The monoisotopic (exact) mass is 281 g/mol. The van der Waals surface area contributed by atoms with Crippen molar-refractivity contribution in [1.82, 2.24) is 15.3 Å². The van der Waals surface area contributed by atoms with Crippen LogP contribution in [0.4, 0.5) is 0 Å². The van der Waals surface area contributed by atoms with Gasteiger partial charge in [0, 0.05) is 24.3 Å². The molecule has 0 radical (unpaired) electrons. The first-order valence-corrected chi connectivity index (χ1v) is 7.29. The summed E-state index contributed by atoms with van der Waals surface area (Å²) in [5.41, 5.74) is 1.94. The van der Waals surface area contributed by atoms with Crippen molar-refractivity contribution in [2.45, 2.75) is 32.4 Å². The second-order valence-corrected chi connectivity index (χ2v) is 5.14. The average Bonchev–Trinajstić information content (AvgIpc) is 3.32. The van der Waals surface area contributed by atoms with Crippen LogP contribution in [0.1, 0.15) is 31.0 Å². The molecule has 4 nitrogen and oxygen atoms in total. The van der Waals surface area contributed by atoms with Crippen molar-refractivity contribution in [3.05, 3.63) is 54.0 Å². The van der Waals surface area contributed by atoms with Gasteiger partial charge in [-0.2, -0.15) is 0 Å². The van der Waals surface area contributed by atoms with Crippen LogP contribution in [0.2, 0.25) is 0 Å². The lowest BCUT2D eigenvalue weighted by Gasteiger charge is -2.09. The predicted octanol–water partition coefficient (Wildman–Crippen LogP) is 3.55. The van der Waals surface area contributed by atoms with Crippen LogP contribution in [-0.2, 0) is 6.54 Å². The lowest BCUT2D eigenvalue weighted by molar-refractivity contribution is 0.455. The molecule has 4 heteroatoms. The summed E-state index contributed by atoms with van der Waals surface area (Å²) < 4.78 is 5.87. The van der Waals surface area contributed by atoms with Crippen molar-refractivity contribution in [1.29, 1.82) is 0 Å². The summed E-state index contributed by atoms with van der Waals surface area (Å²) in [5, 5.41) is 3.43. The van der Waals surface area contributed by atoms with Crippen LogP contribution in [0.15, 0.2) is 42.7 Å². The maximum atomic E-state index is 5.87. The Balaban J connectivity index is 1.73. The summed E-state index contributed by atoms with van der Waals surface area (Å²) in [6.07, 6.45) is 9.96. The maximum absolute atomic E-state index is 5.87. The summed E-state index contributed by atoms with van der Waals surface area (Å²) in [5.74, 6) is 1.32. The van der Waals surface area contributed by atoms with E-state index in [-0.39, 0.29) is 0 Å². The number of hydrogen-bond acceptors (Lipinski definition) is 4. The third kappa shape index (κ3) is 3.89. The van der Waals surface area contributed by atoms with Crippen LogP contribution in [0.3, 0.4) is 0 Å². The summed E-state index contributed by atoms with van der Waals surface area (Å²) in [7, 11) is 0. The number of nitrogens with zero attached hydrogens (tertiary/aromatic N) is 2. The molecule has 1 aliphatic carbocycles. The van der Waals surface area contributed by atoms with Gasteiger partial charge in [-0.05, 0) is 25.8 Å². The summed E-state index contributed by atoms with van der Waals surface area (Å²) in [6.45, 7) is 2.73. The topological polar surface area (TPSA) is 47.0 Å². The fourth-order valence-corrected chi connectivity index (χ4v) is 2.06. The zero-order chi connectivity index (χ0) is 14.5. The van der Waals surface area contributed by atoms with Crippen molar-refractivity contribution in [3.8, 4) is 11.6 Å². The van der Waals surface area contributed by atoms with E-state index in [1.807, 2.05) is 43.3 Å². The standard InChI is InChI=1S/C17H19N3O/c1-2-5-13-6-3-4-7-16(13)21-17-12-18-10-15(20-17)11-19-14-8-9-14/h2-7,10,12,14,19H,8-9,11H2,1H3. The van der Waals surface area contributed by atoms with Gasteiger partial charge < -0.3 is 10.1 Å². The number of para-hydroxylation sites is 1. The molecule has 0 bridgehead atoms. The van der Waals surface area contributed by atoms with Gasteiger partial charge in [0.05, 0.1) is 11.9 Å². The second-order valence-electron chi connectivity index (χ2n) is 5.14. The highest BCUT2D eigenvalue weighted by Gasteiger charge is 2.20. The van der Waals surface area contributed by atoms with E-state index in [0.29, 0.717) is 11.9 Å². The zero-order valence-corrected chi connectivity index (χ0v) is 12.1. The first-order chi connectivity index (χ1) is 10.3. The molecule has 1 aromatic carbocycles. The molecule has 3 rings (SSSR count). The molecule has 1 aliphatic rings. The van der Waals surface area contributed by atoms with Crippen LogP contribution in [0, 0.1) is 0 Å². The number of aromatic nitrogens is 2. The van der Waals surface area contributed by atoms with E-state index < -0.39 is 0 Å². The number of hydrogen-bond donors (Lipinski definition) is 1. The normalized spacial score (nSPS) is 14.5. The molecule has 108 valence electrons. The first kappa shape index (κ1) is 13.8. The van der Waals surface area contributed by atoms with E-state index in [1.54, 1.807) is 12.4 Å². The van der Waals surface area contributed by atoms with Gasteiger partial charge in [0.15, 0.2) is 0 Å². The number of nitrogens with one attached hydrogen (secondary N) is 1. The Morgan fingerprint density at radius 1 is 1.29 bits per heavy atom. The first-order valence-electron chi connectivity index (χ1n) is 7.29. The van der Waals surface area contributed by atoms with Gasteiger partial charge in [-0.15, -0.1) is 0 Å². The predicted molar refractivity (Wildman–Crippen MR) is 83.1 cm³/mol. The van der Waals surface area contributed by atoms with Crippen molar-refractivity contribution >= 4 is 6.08 Å². The molecule has 0 saturated heterocycles. The van der Waals surface area contributed by atoms with E-state index >= 15 is 0 Å².